The van der Waals surface area contributed by atoms with Crippen molar-refractivity contribution in [2.45, 2.75) is 36.0 Å². The molecular formula is C40H30ClNS. The zero-order chi connectivity index (χ0) is 29.3. The van der Waals surface area contributed by atoms with Crippen molar-refractivity contribution in [2.24, 2.45) is 0 Å². The second-order valence-corrected chi connectivity index (χ2v) is 13.6. The van der Waals surface area contributed by atoms with E-state index in [-0.39, 0.29) is 5.41 Å². The molecular weight excluding hydrogens is 562 g/mol. The van der Waals surface area contributed by atoms with Crippen molar-refractivity contribution in [1.29, 1.82) is 0 Å². The van der Waals surface area contributed by atoms with Crippen LogP contribution >= 0.6 is 23.4 Å². The maximum atomic E-state index is 6.29. The summed E-state index contributed by atoms with van der Waals surface area (Å²) in [6.45, 7) is 6.88. The first kappa shape index (κ1) is 26.4. The molecule has 1 nitrogen and oxygen atoms in total. The van der Waals surface area contributed by atoms with Crippen LogP contribution in [0, 0.1) is 6.92 Å². The molecule has 0 atom stereocenters. The number of benzene rings is 6. The van der Waals surface area contributed by atoms with Crippen LogP contribution in [-0.2, 0) is 5.41 Å². The zero-order valence-electron chi connectivity index (χ0n) is 24.4. The second kappa shape index (κ2) is 9.91. The van der Waals surface area contributed by atoms with Gasteiger partial charge in [0.05, 0.1) is 11.0 Å². The highest BCUT2D eigenvalue weighted by atomic mass is 35.5. The molecule has 0 aliphatic heterocycles. The Morgan fingerprint density at radius 2 is 1.35 bits per heavy atom. The molecule has 43 heavy (non-hydrogen) atoms. The third kappa shape index (κ3) is 4.24. The van der Waals surface area contributed by atoms with E-state index in [4.69, 9.17) is 11.6 Å². The normalized spacial score (nSPS) is 13.4. The first-order valence-electron chi connectivity index (χ1n) is 14.7. The van der Waals surface area contributed by atoms with Gasteiger partial charge in [0.15, 0.2) is 0 Å². The fraction of sp³-hybridized carbons (Fsp3) is 0.100. The van der Waals surface area contributed by atoms with Crippen LogP contribution in [0.15, 0.2) is 137 Å². The summed E-state index contributed by atoms with van der Waals surface area (Å²) >= 11 is 8.05. The molecule has 1 heterocycles. The Morgan fingerprint density at radius 1 is 0.605 bits per heavy atom. The maximum absolute atomic E-state index is 6.29. The van der Waals surface area contributed by atoms with Crippen LogP contribution in [0.25, 0.3) is 49.7 Å². The van der Waals surface area contributed by atoms with Gasteiger partial charge in [-0.15, -0.1) is 0 Å². The monoisotopic (exact) mass is 591 g/mol. The number of nitrogens with zero attached hydrogens (tertiary/aromatic N) is 1. The van der Waals surface area contributed by atoms with Gasteiger partial charge in [0.25, 0.3) is 0 Å². The van der Waals surface area contributed by atoms with Gasteiger partial charge < -0.3 is 4.57 Å². The van der Waals surface area contributed by atoms with E-state index in [0.29, 0.717) is 0 Å². The number of para-hydroxylation sites is 1. The molecule has 0 spiro atoms. The van der Waals surface area contributed by atoms with Crippen LogP contribution in [0.1, 0.15) is 30.5 Å². The fourth-order valence-corrected chi connectivity index (χ4v) is 8.05. The van der Waals surface area contributed by atoms with Gasteiger partial charge in [-0.05, 0) is 107 Å². The van der Waals surface area contributed by atoms with Crippen molar-refractivity contribution in [2.75, 3.05) is 0 Å². The van der Waals surface area contributed by atoms with Crippen LogP contribution in [0.2, 0.25) is 5.02 Å². The molecule has 1 aliphatic carbocycles. The van der Waals surface area contributed by atoms with Gasteiger partial charge in [-0.25, -0.2) is 0 Å². The van der Waals surface area contributed by atoms with Crippen LogP contribution in [0.4, 0.5) is 0 Å². The third-order valence-electron chi connectivity index (χ3n) is 9.03. The molecule has 208 valence electrons. The molecule has 1 aromatic heterocycles. The smallest absolute Gasteiger partial charge is 0.0544 e. The van der Waals surface area contributed by atoms with E-state index in [1.807, 2.05) is 18.2 Å². The summed E-state index contributed by atoms with van der Waals surface area (Å²) in [7, 11) is 0. The molecule has 7 aromatic rings. The molecule has 0 saturated heterocycles. The van der Waals surface area contributed by atoms with E-state index in [0.717, 1.165) is 9.92 Å². The van der Waals surface area contributed by atoms with Crippen molar-refractivity contribution in [3.63, 3.8) is 0 Å². The van der Waals surface area contributed by atoms with Gasteiger partial charge in [0.1, 0.15) is 0 Å². The predicted molar refractivity (Wildman–Crippen MR) is 184 cm³/mol. The van der Waals surface area contributed by atoms with Crippen LogP contribution in [-0.4, -0.2) is 4.57 Å². The Bertz CT molecular complexity index is 2210. The van der Waals surface area contributed by atoms with E-state index in [1.54, 1.807) is 11.8 Å². The topological polar surface area (TPSA) is 4.93 Å². The zero-order valence-corrected chi connectivity index (χ0v) is 25.9. The van der Waals surface area contributed by atoms with Gasteiger partial charge in [-0.1, -0.05) is 104 Å². The van der Waals surface area contributed by atoms with E-state index in [9.17, 15) is 0 Å². The first-order valence-corrected chi connectivity index (χ1v) is 15.9. The van der Waals surface area contributed by atoms with E-state index in [2.05, 4.69) is 135 Å². The minimum absolute atomic E-state index is 0.0534. The van der Waals surface area contributed by atoms with Crippen molar-refractivity contribution < 1.29 is 0 Å². The van der Waals surface area contributed by atoms with Crippen molar-refractivity contribution >= 4 is 45.2 Å². The number of halogens is 1. The molecule has 0 unspecified atom stereocenters. The van der Waals surface area contributed by atoms with Gasteiger partial charge in [-0.2, -0.15) is 0 Å². The van der Waals surface area contributed by atoms with Crippen LogP contribution in [0.3, 0.4) is 0 Å². The number of aryl methyl sites for hydroxylation is 1. The summed E-state index contributed by atoms with van der Waals surface area (Å²) in [5.74, 6) is 0. The fourth-order valence-electron chi connectivity index (χ4n) is 6.80. The lowest BCUT2D eigenvalue weighted by Gasteiger charge is -2.21. The Labute approximate surface area is 261 Å². The lowest BCUT2D eigenvalue weighted by atomic mass is 9.82. The Hall–Kier alpha value is -4.24. The molecule has 8 rings (SSSR count). The standard InChI is InChI=1S/C40H30ClNS/c1-25-16-17-27(21-39(25)43-30-13-9-10-28(41)22-30)26-18-19-37-33(20-26)34-23-32-31-14-7-8-15-35(31)40(2,3)36(32)24-38(34)42(37)29-11-5-4-6-12-29/h4-24H,1-3H3. The van der Waals surface area contributed by atoms with Gasteiger partial charge in [0, 0.05) is 36.7 Å². The van der Waals surface area contributed by atoms with E-state index in [1.165, 1.54) is 71.3 Å². The molecule has 0 amide bonds. The summed E-state index contributed by atoms with van der Waals surface area (Å²) in [4.78, 5) is 2.38. The van der Waals surface area contributed by atoms with E-state index >= 15 is 0 Å². The van der Waals surface area contributed by atoms with Crippen molar-refractivity contribution in [3.8, 4) is 27.9 Å². The highest BCUT2D eigenvalue weighted by Crippen LogP contribution is 2.51. The minimum Gasteiger partial charge on any atom is -0.309 e. The predicted octanol–water partition coefficient (Wildman–Crippen LogP) is 11.9. The summed E-state index contributed by atoms with van der Waals surface area (Å²) in [6.07, 6.45) is 0. The SMILES string of the molecule is Cc1ccc(-c2ccc3c(c2)c2cc4c(cc2n3-c2ccccc2)C(C)(C)c2ccccc2-4)cc1Sc1cccc(Cl)c1. The number of aromatic nitrogens is 1. The lowest BCUT2D eigenvalue weighted by Crippen LogP contribution is -2.14. The highest BCUT2D eigenvalue weighted by Gasteiger charge is 2.36. The van der Waals surface area contributed by atoms with Crippen molar-refractivity contribution in [3.05, 3.63) is 149 Å². The average Bonchev–Trinajstić information content (AvgIpc) is 3.46. The van der Waals surface area contributed by atoms with Gasteiger partial charge >= 0.3 is 0 Å². The first-order chi connectivity index (χ1) is 20.9. The molecule has 0 radical (unpaired) electrons. The van der Waals surface area contributed by atoms with Crippen molar-refractivity contribution in [1.82, 2.24) is 4.57 Å². The molecule has 3 heteroatoms. The summed E-state index contributed by atoms with van der Waals surface area (Å²) in [5, 5.41) is 3.31. The van der Waals surface area contributed by atoms with Crippen LogP contribution < -0.4 is 0 Å². The highest BCUT2D eigenvalue weighted by molar-refractivity contribution is 7.99. The number of fused-ring (bicyclic) bond motifs is 6. The lowest BCUT2D eigenvalue weighted by molar-refractivity contribution is 0.661. The minimum atomic E-state index is -0.0534. The van der Waals surface area contributed by atoms with E-state index < -0.39 is 0 Å². The number of rotatable bonds is 4. The summed E-state index contributed by atoms with van der Waals surface area (Å²) in [6, 6.07) is 46.4. The quantitative estimate of drug-likeness (QED) is 0.197. The maximum Gasteiger partial charge on any atom is 0.0544 e. The van der Waals surface area contributed by atoms with Crippen LogP contribution in [0.5, 0.6) is 0 Å². The Kier molecular flexibility index (Phi) is 6.08. The Morgan fingerprint density at radius 3 is 2.19 bits per heavy atom. The summed E-state index contributed by atoms with van der Waals surface area (Å²) in [5.41, 5.74) is 12.8. The van der Waals surface area contributed by atoms with Gasteiger partial charge in [0.2, 0.25) is 0 Å². The molecule has 1 aliphatic rings. The molecule has 0 fully saturated rings. The molecule has 6 aromatic carbocycles. The molecule has 0 N–H and O–H groups in total. The average molecular weight is 592 g/mol. The third-order valence-corrected chi connectivity index (χ3v) is 10.4. The Balaban J connectivity index is 1.35. The number of hydrogen-bond donors (Lipinski definition) is 0. The number of hydrogen-bond acceptors (Lipinski definition) is 1. The van der Waals surface area contributed by atoms with Gasteiger partial charge in [-0.3, -0.25) is 0 Å². The molecule has 0 bridgehead atoms. The largest absolute Gasteiger partial charge is 0.309 e. The second-order valence-electron chi connectivity index (χ2n) is 12.0. The summed E-state index contributed by atoms with van der Waals surface area (Å²) < 4.78 is 2.43. The molecule has 0 saturated carbocycles.